The van der Waals surface area contributed by atoms with Gasteiger partial charge in [0, 0.05) is 11.1 Å². The summed E-state index contributed by atoms with van der Waals surface area (Å²) in [6.07, 6.45) is -11.7. The molecule has 0 radical (unpaired) electrons. The van der Waals surface area contributed by atoms with E-state index >= 15 is 0 Å². The van der Waals surface area contributed by atoms with Crippen LogP contribution in [0.4, 0.5) is 28.8 Å². The van der Waals surface area contributed by atoms with E-state index in [-0.39, 0.29) is 16.5 Å². The molecule has 3 rings (SSSR count). The first-order chi connectivity index (χ1) is 14.6. The smallest absolute Gasteiger partial charge is 0.406 e. The van der Waals surface area contributed by atoms with E-state index in [0.29, 0.717) is 0 Å². The highest BCUT2D eigenvalue weighted by molar-refractivity contribution is 7.13. The summed E-state index contributed by atoms with van der Waals surface area (Å²) >= 11 is 0.978. The summed E-state index contributed by atoms with van der Waals surface area (Å²) < 4.78 is 45.6. The maximum Gasteiger partial charge on any atom is 0.573 e. The van der Waals surface area contributed by atoms with Crippen LogP contribution in [0.3, 0.4) is 0 Å². The number of benzene rings is 1. The lowest BCUT2D eigenvalue weighted by atomic mass is 9.94. The molecule has 5 atom stereocenters. The number of carbonyl (C=O) groups excluding carboxylic acids is 1. The Labute approximate surface area is 176 Å². The van der Waals surface area contributed by atoms with Crippen LogP contribution in [-0.2, 0) is 4.74 Å². The van der Waals surface area contributed by atoms with Gasteiger partial charge in [-0.2, -0.15) is 0 Å². The van der Waals surface area contributed by atoms with E-state index in [1.54, 1.807) is 0 Å². The molecular formula is C17H18F3N3O7S. The second-order valence-corrected chi connectivity index (χ2v) is 7.34. The molecule has 1 aromatic heterocycles. The van der Waals surface area contributed by atoms with Gasteiger partial charge in [0.1, 0.15) is 36.3 Å². The van der Waals surface area contributed by atoms with Gasteiger partial charge in [0.05, 0.1) is 12.3 Å². The first-order valence-electron chi connectivity index (χ1n) is 8.77. The number of anilines is 2. The van der Waals surface area contributed by atoms with Gasteiger partial charge >= 0.3 is 12.4 Å². The zero-order valence-electron chi connectivity index (χ0n) is 15.5. The standard InChI is InChI=1S/C17H18F3N3O7S/c18-17(19,20)30-8-3-1-7(2-4-8)21-15(28)23-16-22-9(6-31-16)14-13(27)12(26)11(25)10(5-24)29-14/h1-4,6,10-14,24-27H,5H2,(H2,21,22,23,28)/t10-,11-,12+,13-,14+/m1/s1. The van der Waals surface area contributed by atoms with Gasteiger partial charge in [-0.3, -0.25) is 5.32 Å². The summed E-state index contributed by atoms with van der Waals surface area (Å²) in [5, 5.41) is 45.4. The fraction of sp³-hybridized carbons (Fsp3) is 0.412. The molecule has 0 saturated carbocycles. The number of amides is 2. The number of carbonyl (C=O) groups is 1. The maximum absolute atomic E-state index is 12.2. The number of rotatable bonds is 5. The fourth-order valence-electron chi connectivity index (χ4n) is 2.82. The molecule has 1 aliphatic heterocycles. The monoisotopic (exact) mass is 465 g/mol. The van der Waals surface area contributed by atoms with Crippen molar-refractivity contribution in [1.29, 1.82) is 0 Å². The molecule has 0 aliphatic carbocycles. The molecule has 10 nitrogen and oxygen atoms in total. The molecule has 0 bridgehead atoms. The van der Waals surface area contributed by atoms with E-state index in [4.69, 9.17) is 4.74 Å². The highest BCUT2D eigenvalue weighted by atomic mass is 32.1. The number of nitrogens with one attached hydrogen (secondary N) is 2. The molecule has 2 amide bonds. The second-order valence-electron chi connectivity index (χ2n) is 6.48. The van der Waals surface area contributed by atoms with Gasteiger partial charge in [0.25, 0.3) is 0 Å². The van der Waals surface area contributed by atoms with Crippen LogP contribution in [0.5, 0.6) is 5.75 Å². The summed E-state index contributed by atoms with van der Waals surface area (Å²) in [7, 11) is 0. The Bertz CT molecular complexity index is 894. The highest BCUT2D eigenvalue weighted by Crippen LogP contribution is 2.34. The van der Waals surface area contributed by atoms with Crippen LogP contribution < -0.4 is 15.4 Å². The lowest BCUT2D eigenvalue weighted by Crippen LogP contribution is -2.55. The van der Waals surface area contributed by atoms with Crippen molar-refractivity contribution in [2.24, 2.45) is 0 Å². The maximum atomic E-state index is 12.2. The molecule has 31 heavy (non-hydrogen) atoms. The lowest BCUT2D eigenvalue weighted by Gasteiger charge is -2.39. The minimum absolute atomic E-state index is 0.0986. The molecule has 14 heteroatoms. The van der Waals surface area contributed by atoms with E-state index in [1.165, 1.54) is 17.5 Å². The third-order valence-electron chi connectivity index (χ3n) is 4.27. The number of nitrogens with zero attached hydrogens (tertiary/aromatic N) is 1. The van der Waals surface area contributed by atoms with E-state index in [1.807, 2.05) is 0 Å². The Hall–Kier alpha value is -2.49. The number of hydrogen-bond donors (Lipinski definition) is 6. The van der Waals surface area contributed by atoms with Crippen molar-refractivity contribution in [3.8, 4) is 5.75 Å². The van der Waals surface area contributed by atoms with Crippen molar-refractivity contribution in [1.82, 2.24) is 4.98 Å². The van der Waals surface area contributed by atoms with Crippen molar-refractivity contribution < 1.29 is 47.9 Å². The summed E-state index contributed by atoms with van der Waals surface area (Å²) in [4.78, 5) is 16.2. The number of aliphatic hydroxyl groups excluding tert-OH is 4. The van der Waals surface area contributed by atoms with Gasteiger partial charge in [-0.1, -0.05) is 0 Å². The van der Waals surface area contributed by atoms with Gasteiger partial charge in [-0.25, -0.2) is 9.78 Å². The van der Waals surface area contributed by atoms with Gasteiger partial charge < -0.3 is 35.2 Å². The number of ether oxygens (including phenoxy) is 2. The topological polar surface area (TPSA) is 153 Å². The zero-order chi connectivity index (χ0) is 22.8. The van der Waals surface area contributed by atoms with Crippen molar-refractivity contribution in [2.45, 2.75) is 36.9 Å². The largest absolute Gasteiger partial charge is 0.573 e. The average molecular weight is 465 g/mol. The Kier molecular flexibility index (Phi) is 6.98. The van der Waals surface area contributed by atoms with E-state index in [2.05, 4.69) is 20.4 Å². The van der Waals surface area contributed by atoms with Crippen LogP contribution in [0.15, 0.2) is 29.6 Å². The van der Waals surface area contributed by atoms with Crippen LogP contribution in [0.1, 0.15) is 11.8 Å². The van der Waals surface area contributed by atoms with Gasteiger partial charge in [-0.05, 0) is 24.3 Å². The van der Waals surface area contributed by atoms with Crippen LogP contribution in [0.25, 0.3) is 0 Å². The highest BCUT2D eigenvalue weighted by Gasteiger charge is 2.44. The number of aromatic nitrogens is 1. The van der Waals surface area contributed by atoms with Crippen molar-refractivity contribution in [3.05, 3.63) is 35.3 Å². The Balaban J connectivity index is 1.60. The SMILES string of the molecule is O=C(Nc1ccc(OC(F)(F)F)cc1)Nc1nc([C@@H]2O[C@H](CO)[C@@H](O)[C@H](O)[C@H]2O)cs1. The van der Waals surface area contributed by atoms with Crippen molar-refractivity contribution >= 4 is 28.2 Å². The van der Waals surface area contributed by atoms with E-state index in [0.717, 1.165) is 23.5 Å². The van der Waals surface area contributed by atoms with Crippen LogP contribution >= 0.6 is 11.3 Å². The van der Waals surface area contributed by atoms with E-state index < -0.39 is 55.3 Å². The predicted molar refractivity (Wildman–Crippen MR) is 101 cm³/mol. The van der Waals surface area contributed by atoms with Gasteiger partial charge in [0.15, 0.2) is 5.13 Å². The first kappa shape index (κ1) is 23.2. The van der Waals surface area contributed by atoms with E-state index in [9.17, 15) is 38.4 Å². The van der Waals surface area contributed by atoms with Crippen molar-refractivity contribution in [2.75, 3.05) is 17.2 Å². The molecule has 1 aromatic carbocycles. The molecule has 1 saturated heterocycles. The molecule has 1 aliphatic rings. The lowest BCUT2D eigenvalue weighted by molar-refractivity contribution is -0.274. The Morgan fingerprint density at radius 3 is 2.42 bits per heavy atom. The normalized spacial score (nSPS) is 26.4. The molecule has 6 N–H and O–H groups in total. The number of hydrogen-bond acceptors (Lipinski definition) is 9. The summed E-state index contributed by atoms with van der Waals surface area (Å²) in [5.41, 5.74) is 0.351. The molecule has 1 fully saturated rings. The molecule has 170 valence electrons. The summed E-state index contributed by atoms with van der Waals surface area (Å²) in [5.74, 6) is -0.442. The number of thiazole rings is 1. The molecule has 2 aromatic rings. The Morgan fingerprint density at radius 1 is 1.13 bits per heavy atom. The minimum atomic E-state index is -4.82. The van der Waals surface area contributed by atoms with Crippen LogP contribution in [-0.4, -0.2) is 68.8 Å². The van der Waals surface area contributed by atoms with Crippen LogP contribution in [0.2, 0.25) is 0 Å². The van der Waals surface area contributed by atoms with Crippen LogP contribution in [0, 0.1) is 0 Å². The average Bonchev–Trinajstić information content (AvgIpc) is 3.15. The molecule has 2 heterocycles. The molecule has 0 unspecified atom stereocenters. The third kappa shape index (κ3) is 5.81. The quantitative estimate of drug-likeness (QED) is 0.385. The minimum Gasteiger partial charge on any atom is -0.406 e. The second kappa shape index (κ2) is 9.33. The van der Waals surface area contributed by atoms with Gasteiger partial charge in [-0.15, -0.1) is 24.5 Å². The van der Waals surface area contributed by atoms with Gasteiger partial charge in [0.2, 0.25) is 0 Å². The zero-order valence-corrected chi connectivity index (χ0v) is 16.3. The van der Waals surface area contributed by atoms with Crippen molar-refractivity contribution in [3.63, 3.8) is 0 Å². The molecule has 0 spiro atoms. The third-order valence-corrected chi connectivity index (χ3v) is 5.05. The summed E-state index contributed by atoms with van der Waals surface area (Å²) in [6.45, 7) is -0.591. The molecular weight excluding hydrogens is 447 g/mol. The summed E-state index contributed by atoms with van der Waals surface area (Å²) in [6, 6.07) is 3.75. The first-order valence-corrected chi connectivity index (χ1v) is 9.65. The number of aliphatic hydroxyl groups is 4. The Morgan fingerprint density at radius 2 is 1.81 bits per heavy atom. The fourth-order valence-corrected chi connectivity index (χ4v) is 3.55. The predicted octanol–water partition coefficient (Wildman–Crippen LogP) is 1.20. The number of halogens is 3. The number of alkyl halides is 3. The number of urea groups is 1.